The van der Waals surface area contributed by atoms with Crippen LogP contribution >= 0.6 is 0 Å². The Balaban J connectivity index is 2.71. The van der Waals surface area contributed by atoms with Gasteiger partial charge in [-0.1, -0.05) is 6.07 Å². The number of aryl methyl sites for hydroxylation is 1. The van der Waals surface area contributed by atoms with Gasteiger partial charge in [-0.3, -0.25) is 4.79 Å². The van der Waals surface area contributed by atoms with Crippen LogP contribution in [-0.2, 0) is 11.2 Å². The largest absolute Gasteiger partial charge is 0.504 e. The van der Waals surface area contributed by atoms with E-state index in [-0.39, 0.29) is 18.1 Å². The molecule has 0 heterocycles. The van der Waals surface area contributed by atoms with Gasteiger partial charge in [0.15, 0.2) is 11.5 Å². The Morgan fingerprint density at radius 2 is 2.29 bits per heavy atom. The molecule has 0 aliphatic heterocycles. The molecule has 0 spiro atoms. The summed E-state index contributed by atoms with van der Waals surface area (Å²) in [5.41, 5.74) is 5.87. The van der Waals surface area contributed by atoms with Gasteiger partial charge in [0, 0.05) is 6.42 Å². The molecule has 1 aromatic carbocycles. The van der Waals surface area contributed by atoms with E-state index in [4.69, 9.17) is 10.5 Å². The van der Waals surface area contributed by atoms with E-state index in [1.807, 2.05) is 0 Å². The second kappa shape index (κ2) is 4.50. The van der Waals surface area contributed by atoms with Crippen molar-refractivity contribution in [3.05, 3.63) is 23.8 Å². The second-order valence-corrected chi connectivity index (χ2v) is 2.97. The summed E-state index contributed by atoms with van der Waals surface area (Å²) in [6, 6.07) is 5.02. The van der Waals surface area contributed by atoms with Crippen molar-refractivity contribution in [1.82, 2.24) is 0 Å². The van der Waals surface area contributed by atoms with Gasteiger partial charge in [0.25, 0.3) is 0 Å². The molecule has 1 amide bonds. The van der Waals surface area contributed by atoms with Crippen molar-refractivity contribution < 1.29 is 14.6 Å². The average molecular weight is 195 g/mol. The van der Waals surface area contributed by atoms with E-state index in [2.05, 4.69) is 0 Å². The highest BCUT2D eigenvalue weighted by atomic mass is 16.5. The molecule has 3 N–H and O–H groups in total. The Morgan fingerprint density at radius 3 is 2.79 bits per heavy atom. The molecule has 0 aliphatic rings. The zero-order chi connectivity index (χ0) is 10.6. The summed E-state index contributed by atoms with van der Waals surface area (Å²) in [7, 11) is 1.48. The molecular weight excluding hydrogens is 182 g/mol. The minimum atomic E-state index is -0.347. The quantitative estimate of drug-likeness (QED) is 0.747. The summed E-state index contributed by atoms with van der Waals surface area (Å²) in [4.78, 5) is 10.5. The monoisotopic (exact) mass is 195 g/mol. The molecule has 0 saturated carbocycles. The van der Waals surface area contributed by atoms with E-state index in [0.29, 0.717) is 12.2 Å². The van der Waals surface area contributed by atoms with E-state index in [1.54, 1.807) is 18.2 Å². The van der Waals surface area contributed by atoms with Crippen molar-refractivity contribution >= 4 is 5.91 Å². The fraction of sp³-hybridized carbons (Fsp3) is 0.300. The highest BCUT2D eigenvalue weighted by Gasteiger charge is 2.03. The van der Waals surface area contributed by atoms with E-state index < -0.39 is 0 Å². The van der Waals surface area contributed by atoms with Crippen molar-refractivity contribution in [2.75, 3.05) is 7.11 Å². The number of methoxy groups -OCH3 is 1. The maximum atomic E-state index is 10.5. The SMILES string of the molecule is COc1ccc(CCC(N)=O)cc1O. The predicted molar refractivity (Wildman–Crippen MR) is 52.2 cm³/mol. The summed E-state index contributed by atoms with van der Waals surface area (Å²) in [5, 5.41) is 9.42. The van der Waals surface area contributed by atoms with Crippen LogP contribution in [0.3, 0.4) is 0 Å². The van der Waals surface area contributed by atoms with Crippen molar-refractivity contribution in [2.45, 2.75) is 12.8 Å². The van der Waals surface area contributed by atoms with Crippen LogP contribution in [-0.4, -0.2) is 18.1 Å². The molecule has 0 aromatic heterocycles. The maximum Gasteiger partial charge on any atom is 0.217 e. The lowest BCUT2D eigenvalue weighted by Gasteiger charge is -2.05. The number of amides is 1. The molecule has 0 fully saturated rings. The minimum Gasteiger partial charge on any atom is -0.504 e. The topological polar surface area (TPSA) is 72.5 Å². The van der Waals surface area contributed by atoms with Crippen LogP contribution in [0.25, 0.3) is 0 Å². The van der Waals surface area contributed by atoms with E-state index in [9.17, 15) is 9.90 Å². The van der Waals surface area contributed by atoms with Crippen LogP contribution in [0.4, 0.5) is 0 Å². The van der Waals surface area contributed by atoms with Gasteiger partial charge in [0.2, 0.25) is 5.91 Å². The number of carbonyl (C=O) groups is 1. The maximum absolute atomic E-state index is 10.5. The van der Waals surface area contributed by atoms with Crippen molar-refractivity contribution in [3.63, 3.8) is 0 Å². The number of hydrogen-bond acceptors (Lipinski definition) is 3. The minimum absolute atomic E-state index is 0.0782. The van der Waals surface area contributed by atoms with Crippen molar-refractivity contribution in [3.8, 4) is 11.5 Å². The van der Waals surface area contributed by atoms with Gasteiger partial charge in [-0.15, -0.1) is 0 Å². The third-order valence-corrected chi connectivity index (χ3v) is 1.90. The van der Waals surface area contributed by atoms with Gasteiger partial charge in [-0.25, -0.2) is 0 Å². The van der Waals surface area contributed by atoms with Crippen molar-refractivity contribution in [1.29, 1.82) is 0 Å². The number of ether oxygens (including phenoxy) is 1. The number of primary amides is 1. The number of phenolic OH excluding ortho intramolecular Hbond substituents is 1. The summed E-state index contributed by atoms with van der Waals surface area (Å²) < 4.78 is 4.88. The first-order valence-corrected chi connectivity index (χ1v) is 4.27. The normalized spacial score (nSPS) is 9.79. The van der Waals surface area contributed by atoms with E-state index >= 15 is 0 Å². The van der Waals surface area contributed by atoms with Crippen LogP contribution in [0.15, 0.2) is 18.2 Å². The van der Waals surface area contributed by atoms with Gasteiger partial charge in [-0.05, 0) is 24.1 Å². The lowest BCUT2D eigenvalue weighted by molar-refractivity contribution is -0.117. The Labute approximate surface area is 82.3 Å². The number of hydrogen-bond donors (Lipinski definition) is 2. The molecule has 76 valence electrons. The first-order chi connectivity index (χ1) is 6.63. The average Bonchev–Trinajstić information content (AvgIpc) is 2.15. The van der Waals surface area contributed by atoms with E-state index in [1.165, 1.54) is 7.11 Å². The molecule has 0 aliphatic carbocycles. The number of nitrogens with two attached hydrogens (primary N) is 1. The van der Waals surface area contributed by atoms with Crippen LogP contribution < -0.4 is 10.5 Å². The van der Waals surface area contributed by atoms with Crippen LogP contribution in [0, 0.1) is 0 Å². The van der Waals surface area contributed by atoms with Crippen molar-refractivity contribution in [2.24, 2.45) is 5.73 Å². The number of aromatic hydroxyl groups is 1. The molecule has 1 aromatic rings. The van der Waals surface area contributed by atoms with Gasteiger partial charge in [-0.2, -0.15) is 0 Å². The molecule has 0 saturated heterocycles. The van der Waals surface area contributed by atoms with Gasteiger partial charge in [0.1, 0.15) is 0 Å². The summed E-state index contributed by atoms with van der Waals surface area (Å²) >= 11 is 0. The molecule has 4 heteroatoms. The fourth-order valence-corrected chi connectivity index (χ4v) is 1.16. The number of benzene rings is 1. The Hall–Kier alpha value is -1.71. The number of phenols is 1. The molecule has 0 bridgehead atoms. The zero-order valence-electron chi connectivity index (χ0n) is 7.99. The van der Waals surface area contributed by atoms with Gasteiger partial charge < -0.3 is 15.6 Å². The first-order valence-electron chi connectivity index (χ1n) is 4.27. The highest BCUT2D eigenvalue weighted by Crippen LogP contribution is 2.26. The van der Waals surface area contributed by atoms with Gasteiger partial charge in [0.05, 0.1) is 7.11 Å². The molecular formula is C10H13NO3. The molecule has 0 atom stereocenters. The van der Waals surface area contributed by atoms with Gasteiger partial charge >= 0.3 is 0 Å². The fourth-order valence-electron chi connectivity index (χ4n) is 1.16. The Morgan fingerprint density at radius 1 is 1.57 bits per heavy atom. The lowest BCUT2D eigenvalue weighted by Crippen LogP contribution is -2.11. The lowest BCUT2D eigenvalue weighted by atomic mass is 10.1. The van der Waals surface area contributed by atoms with Crippen LogP contribution in [0.1, 0.15) is 12.0 Å². The third kappa shape index (κ3) is 2.65. The summed E-state index contributed by atoms with van der Waals surface area (Å²) in [6.45, 7) is 0. The third-order valence-electron chi connectivity index (χ3n) is 1.90. The number of carbonyl (C=O) groups excluding carboxylic acids is 1. The standard InChI is InChI=1S/C10H13NO3/c1-14-9-4-2-7(6-8(9)12)3-5-10(11)13/h2,4,6,12H,3,5H2,1H3,(H2,11,13). The molecule has 0 radical (unpaired) electrons. The summed E-state index contributed by atoms with van der Waals surface area (Å²) in [5.74, 6) is 0.155. The van der Waals surface area contributed by atoms with Crippen LogP contribution in [0.2, 0.25) is 0 Å². The Kier molecular flexibility index (Phi) is 3.34. The first kappa shape index (κ1) is 10.4. The molecule has 0 unspecified atom stereocenters. The zero-order valence-corrected chi connectivity index (χ0v) is 7.99. The highest BCUT2D eigenvalue weighted by molar-refractivity contribution is 5.74. The molecule has 14 heavy (non-hydrogen) atoms. The van der Waals surface area contributed by atoms with Crippen LogP contribution in [0.5, 0.6) is 11.5 Å². The predicted octanol–water partition coefficient (Wildman–Crippen LogP) is 0.819. The smallest absolute Gasteiger partial charge is 0.217 e. The molecule has 1 rings (SSSR count). The molecule has 4 nitrogen and oxygen atoms in total. The Bertz CT molecular complexity index is 336. The number of rotatable bonds is 4. The second-order valence-electron chi connectivity index (χ2n) is 2.97. The summed E-state index contributed by atoms with van der Waals surface area (Å²) in [6.07, 6.45) is 0.818. The van der Waals surface area contributed by atoms with E-state index in [0.717, 1.165) is 5.56 Å².